The Morgan fingerprint density at radius 1 is 1.12 bits per heavy atom. The van der Waals surface area contributed by atoms with Crippen LogP contribution in [-0.2, 0) is 4.84 Å². The van der Waals surface area contributed by atoms with Gasteiger partial charge in [0.05, 0.1) is 0 Å². The van der Waals surface area contributed by atoms with Crippen LogP contribution in [0.3, 0.4) is 0 Å². The molecule has 0 saturated heterocycles. The summed E-state index contributed by atoms with van der Waals surface area (Å²) < 4.78 is 52.5. The van der Waals surface area contributed by atoms with E-state index in [1.165, 1.54) is 0 Å². The van der Waals surface area contributed by atoms with Gasteiger partial charge >= 0.3 is 6.36 Å². The zero-order valence-corrected chi connectivity index (χ0v) is 3.25. The van der Waals surface area contributed by atoms with Crippen molar-refractivity contribution < 1.29 is 27.0 Å². The van der Waals surface area contributed by atoms with Gasteiger partial charge in [0.15, 0.2) is 5.51 Å². The molecule has 0 saturated carbocycles. The third-order valence-electron chi connectivity index (χ3n) is 0.173. The molecule has 0 rings (SSSR count). The lowest BCUT2D eigenvalue weighted by molar-refractivity contribution is -0.515. The van der Waals surface area contributed by atoms with Gasteiger partial charge in [0.1, 0.15) is 0 Å². The largest absolute Gasteiger partial charge is 0.543 e. The van der Waals surface area contributed by atoms with Crippen LogP contribution >= 0.6 is 0 Å². The zero-order valence-electron chi connectivity index (χ0n) is 3.25. The van der Waals surface area contributed by atoms with E-state index in [0.717, 1.165) is 0 Å². The van der Waals surface area contributed by atoms with Gasteiger partial charge < -0.3 is 0 Å². The van der Waals surface area contributed by atoms with Gasteiger partial charge in [0.25, 0.3) is 0 Å². The van der Waals surface area contributed by atoms with Gasteiger partial charge in [-0.05, 0) is 0 Å². The van der Waals surface area contributed by atoms with Crippen LogP contribution in [0.25, 0.3) is 0 Å². The second kappa shape index (κ2) is 2.23. The number of hydrogen-bond acceptors (Lipinski definition) is 2. The zero-order chi connectivity index (χ0) is 6.78. The first-order valence-electron chi connectivity index (χ1n) is 1.29. The minimum absolute atomic E-state index is 1.94. The summed E-state index contributed by atoms with van der Waals surface area (Å²) >= 11 is 0. The number of hydrogen-bond donors (Lipinski definition) is 0. The number of alkyl halides is 3. The van der Waals surface area contributed by atoms with E-state index in [0.29, 0.717) is 0 Å². The number of halogens is 5. The smallest absolute Gasteiger partial charge is 0.142 e. The van der Waals surface area contributed by atoms with Crippen LogP contribution in [-0.4, -0.2) is 11.9 Å². The van der Waals surface area contributed by atoms with Gasteiger partial charge in [-0.25, -0.2) is 0 Å². The first-order chi connectivity index (χ1) is 3.42. The van der Waals surface area contributed by atoms with Crippen molar-refractivity contribution in [2.45, 2.75) is 6.36 Å². The van der Waals surface area contributed by atoms with E-state index in [4.69, 9.17) is 0 Å². The Kier molecular flexibility index (Phi) is 2.11. The fourth-order valence-corrected chi connectivity index (χ4v) is 0.0782. The van der Waals surface area contributed by atoms with Crippen LogP contribution in [0.15, 0.2) is 0 Å². The molecule has 0 aliphatic rings. The van der Waals surface area contributed by atoms with Crippen molar-refractivity contribution in [3.8, 4) is 0 Å². The summed E-state index contributed by atoms with van der Waals surface area (Å²) in [6, 6.07) is 0. The Balaban J connectivity index is 3.39. The van der Waals surface area contributed by atoms with Crippen LogP contribution in [0.4, 0.5) is 22.1 Å². The van der Waals surface area contributed by atoms with Crippen molar-refractivity contribution in [1.82, 2.24) is 5.51 Å². The van der Waals surface area contributed by atoms with Gasteiger partial charge in [-0.3, -0.25) is 0 Å². The van der Waals surface area contributed by atoms with Crippen LogP contribution < -0.4 is 0 Å². The maximum atomic E-state index is 10.6. The second-order valence-electron chi connectivity index (χ2n) is 0.739. The van der Waals surface area contributed by atoms with Gasteiger partial charge in [-0.1, -0.05) is 8.96 Å². The fourth-order valence-electron chi connectivity index (χ4n) is 0.0782. The molecule has 0 N–H and O–H groups in total. The van der Waals surface area contributed by atoms with Crippen LogP contribution in [0, 0.1) is 0 Å². The lowest BCUT2D eigenvalue weighted by Crippen LogP contribution is -2.18. The molecule has 0 bridgehead atoms. The van der Waals surface area contributed by atoms with Crippen molar-refractivity contribution in [2.24, 2.45) is 0 Å². The average Bonchev–Trinajstić information content (AvgIpc) is 1.21. The fraction of sp³-hybridized carbons (Fsp3) is 1.00. The Labute approximate surface area is 40.3 Å². The molecule has 0 amide bonds. The summed E-state index contributed by atoms with van der Waals surface area (Å²) in [5.74, 6) is 0. The van der Waals surface area contributed by atoms with E-state index in [2.05, 4.69) is 0 Å². The molecule has 0 heterocycles. The molecule has 0 aromatic rings. The molecule has 0 fully saturated rings. The Bertz CT molecular complexity index is 67.3. The molecular formula is CF5NO. The quantitative estimate of drug-likeness (QED) is 0.308. The predicted octanol–water partition coefficient (Wildman–Crippen LogP) is 1.51. The summed E-state index contributed by atoms with van der Waals surface area (Å²) in [4.78, 5) is 1.94. The molecule has 7 heteroatoms. The van der Waals surface area contributed by atoms with Gasteiger partial charge in [-0.2, -0.15) is 0 Å². The van der Waals surface area contributed by atoms with Crippen molar-refractivity contribution >= 4 is 0 Å². The van der Waals surface area contributed by atoms with Crippen molar-refractivity contribution in [3.63, 3.8) is 0 Å². The Hall–Kier alpha value is -0.430. The minimum Gasteiger partial charge on any atom is -0.142 e. The summed E-state index contributed by atoms with van der Waals surface area (Å²) in [5.41, 5.74) is -2.42. The lowest BCUT2D eigenvalue weighted by atomic mass is 11.4. The third kappa shape index (κ3) is 5.57. The Morgan fingerprint density at radius 3 is 1.50 bits per heavy atom. The molecule has 0 aromatic heterocycles. The first kappa shape index (κ1) is 7.57. The highest BCUT2D eigenvalue weighted by Crippen LogP contribution is 2.18. The molecule has 0 radical (unpaired) electrons. The minimum atomic E-state index is -5.30. The summed E-state index contributed by atoms with van der Waals surface area (Å²) in [6.45, 7) is 0. The van der Waals surface area contributed by atoms with Gasteiger partial charge in [0, 0.05) is 0 Å². The van der Waals surface area contributed by atoms with E-state index >= 15 is 0 Å². The predicted molar refractivity (Wildman–Crippen MR) is 11.2 cm³/mol. The highest BCUT2D eigenvalue weighted by molar-refractivity contribution is 4.14. The Morgan fingerprint density at radius 2 is 1.50 bits per heavy atom. The lowest BCUT2D eigenvalue weighted by Gasteiger charge is -2.02. The van der Waals surface area contributed by atoms with Gasteiger partial charge in [-0.15, -0.1) is 18.0 Å². The molecule has 50 valence electrons. The van der Waals surface area contributed by atoms with Gasteiger partial charge in [0.2, 0.25) is 0 Å². The number of rotatable bonds is 1. The van der Waals surface area contributed by atoms with E-state index in [1.54, 1.807) is 0 Å². The summed E-state index contributed by atoms with van der Waals surface area (Å²) in [6.07, 6.45) is -5.30. The third-order valence-corrected chi connectivity index (χ3v) is 0.173. The first-order valence-corrected chi connectivity index (χ1v) is 1.29. The van der Waals surface area contributed by atoms with Crippen LogP contribution in [0.5, 0.6) is 0 Å². The second-order valence-corrected chi connectivity index (χ2v) is 0.739. The maximum absolute atomic E-state index is 10.6. The molecule has 0 aliphatic heterocycles. The number of nitrogens with zero attached hydrogens (tertiary/aromatic N) is 1. The highest BCUT2D eigenvalue weighted by atomic mass is 19.4. The van der Waals surface area contributed by atoms with E-state index in [9.17, 15) is 22.1 Å². The average molecular weight is 137 g/mol. The van der Waals surface area contributed by atoms with E-state index < -0.39 is 11.9 Å². The van der Waals surface area contributed by atoms with Crippen LogP contribution in [0.2, 0.25) is 0 Å². The standard InChI is InChI=1S/CF5NO/c2-1(3,4)8-7(5)6. The molecule has 0 unspecified atom stereocenters. The topological polar surface area (TPSA) is 12.5 Å². The molecule has 0 atom stereocenters. The SMILES string of the molecule is FN(F)OC(F)(F)F. The maximum Gasteiger partial charge on any atom is 0.543 e. The monoisotopic (exact) mass is 137 g/mol. The highest BCUT2D eigenvalue weighted by Gasteiger charge is 2.34. The van der Waals surface area contributed by atoms with Crippen molar-refractivity contribution in [1.29, 1.82) is 0 Å². The van der Waals surface area contributed by atoms with E-state index in [1.807, 2.05) is 4.84 Å². The summed E-state index contributed by atoms with van der Waals surface area (Å²) in [5, 5.41) is 0. The van der Waals surface area contributed by atoms with E-state index in [-0.39, 0.29) is 0 Å². The molecule has 8 heavy (non-hydrogen) atoms. The molecular weight excluding hydrogens is 137 g/mol. The molecule has 2 nitrogen and oxygen atoms in total. The van der Waals surface area contributed by atoms with Crippen molar-refractivity contribution in [3.05, 3.63) is 0 Å². The summed E-state index contributed by atoms with van der Waals surface area (Å²) in [7, 11) is 0. The molecule has 0 aliphatic carbocycles. The normalized spacial score (nSPS) is 12.8. The molecule has 0 aromatic carbocycles. The molecule has 0 spiro atoms. The van der Waals surface area contributed by atoms with Crippen LogP contribution in [0.1, 0.15) is 0 Å². The van der Waals surface area contributed by atoms with Crippen molar-refractivity contribution in [2.75, 3.05) is 0 Å².